The van der Waals surface area contributed by atoms with Crippen LogP contribution in [0.25, 0.3) is 0 Å². The van der Waals surface area contributed by atoms with Crippen molar-refractivity contribution in [2.24, 2.45) is 5.92 Å². The molecule has 0 radical (unpaired) electrons. The van der Waals surface area contributed by atoms with Crippen molar-refractivity contribution < 1.29 is 4.39 Å². The molecule has 0 spiro atoms. The quantitative estimate of drug-likeness (QED) is 0.637. The molecule has 60 valence electrons. The first kappa shape index (κ1) is 7.99. The average Bonchev–Trinajstić information content (AvgIpc) is 1.79. The van der Waals surface area contributed by atoms with Gasteiger partial charge in [-0.3, -0.25) is 0 Å². The molecule has 1 aliphatic rings. The van der Waals surface area contributed by atoms with Crippen molar-refractivity contribution in [3.8, 4) is 0 Å². The van der Waals surface area contributed by atoms with Crippen LogP contribution in [0, 0.1) is 5.92 Å². The lowest BCUT2D eigenvalue weighted by Crippen LogP contribution is -2.56. The van der Waals surface area contributed by atoms with Crippen LogP contribution in [0.2, 0.25) is 0 Å². The summed E-state index contributed by atoms with van der Waals surface area (Å²) in [5.41, 5.74) is -0.857. The monoisotopic (exact) mass is 145 g/mol. The van der Waals surface area contributed by atoms with Crippen molar-refractivity contribution in [1.82, 2.24) is 5.32 Å². The smallest absolute Gasteiger partial charge is 0.135 e. The Morgan fingerprint density at radius 1 is 1.50 bits per heavy atom. The molecule has 1 rings (SSSR count). The van der Waals surface area contributed by atoms with Crippen molar-refractivity contribution in [1.29, 1.82) is 0 Å². The highest BCUT2D eigenvalue weighted by molar-refractivity contribution is 4.92. The van der Waals surface area contributed by atoms with Crippen molar-refractivity contribution in [2.75, 3.05) is 13.1 Å². The van der Waals surface area contributed by atoms with Crippen molar-refractivity contribution in [3.05, 3.63) is 0 Å². The molecule has 1 nitrogen and oxygen atoms in total. The van der Waals surface area contributed by atoms with Gasteiger partial charge in [0.05, 0.1) is 0 Å². The number of nitrogens with one attached hydrogen (secondary N) is 1. The topological polar surface area (TPSA) is 12.0 Å². The van der Waals surface area contributed by atoms with Crippen LogP contribution >= 0.6 is 0 Å². The summed E-state index contributed by atoms with van der Waals surface area (Å²) in [6, 6.07) is 0. The van der Waals surface area contributed by atoms with E-state index < -0.39 is 5.67 Å². The van der Waals surface area contributed by atoms with E-state index in [1.165, 1.54) is 0 Å². The summed E-state index contributed by atoms with van der Waals surface area (Å²) in [4.78, 5) is 0. The van der Waals surface area contributed by atoms with Crippen LogP contribution in [0.4, 0.5) is 4.39 Å². The zero-order chi connectivity index (χ0) is 7.61. The van der Waals surface area contributed by atoms with Crippen LogP contribution in [0.5, 0.6) is 0 Å². The second-order valence-electron chi connectivity index (χ2n) is 3.69. The minimum atomic E-state index is -0.857. The van der Waals surface area contributed by atoms with E-state index in [9.17, 15) is 4.39 Å². The van der Waals surface area contributed by atoms with Crippen LogP contribution in [0.15, 0.2) is 0 Å². The van der Waals surface area contributed by atoms with Gasteiger partial charge in [0.2, 0.25) is 0 Å². The lowest BCUT2D eigenvalue weighted by Gasteiger charge is -2.35. The summed E-state index contributed by atoms with van der Waals surface area (Å²) in [5, 5.41) is 2.95. The van der Waals surface area contributed by atoms with Gasteiger partial charge < -0.3 is 5.32 Å². The Kier molecular flexibility index (Phi) is 2.29. The fourth-order valence-electron chi connectivity index (χ4n) is 1.12. The Balaban J connectivity index is 2.12. The maximum absolute atomic E-state index is 13.2. The Bertz CT molecular complexity index is 108. The molecule has 1 aliphatic heterocycles. The van der Waals surface area contributed by atoms with Gasteiger partial charge in [0.1, 0.15) is 5.67 Å². The predicted octanol–water partition coefficient (Wildman–Crippen LogP) is 1.73. The van der Waals surface area contributed by atoms with Crippen LogP contribution in [0.1, 0.15) is 26.7 Å². The Labute approximate surface area is 62.0 Å². The Morgan fingerprint density at radius 2 is 2.10 bits per heavy atom. The first-order valence-corrected chi connectivity index (χ1v) is 4.02. The minimum absolute atomic E-state index is 0.569. The lowest BCUT2D eigenvalue weighted by atomic mass is 9.90. The van der Waals surface area contributed by atoms with E-state index in [0.717, 1.165) is 12.8 Å². The van der Waals surface area contributed by atoms with Crippen LogP contribution < -0.4 is 5.32 Å². The molecule has 0 atom stereocenters. The zero-order valence-corrected chi connectivity index (χ0v) is 6.78. The average molecular weight is 145 g/mol. The third-order valence-corrected chi connectivity index (χ3v) is 2.05. The summed E-state index contributed by atoms with van der Waals surface area (Å²) in [6.07, 6.45) is 1.75. The molecule has 1 saturated heterocycles. The fourth-order valence-corrected chi connectivity index (χ4v) is 1.12. The number of hydrogen-bond donors (Lipinski definition) is 1. The largest absolute Gasteiger partial charge is 0.310 e. The third-order valence-electron chi connectivity index (χ3n) is 2.05. The molecule has 0 unspecified atom stereocenters. The first-order chi connectivity index (χ1) is 4.62. The van der Waals surface area contributed by atoms with E-state index >= 15 is 0 Å². The zero-order valence-electron chi connectivity index (χ0n) is 6.78. The number of rotatable bonds is 3. The number of alkyl halides is 1. The molecule has 0 aromatic rings. The second kappa shape index (κ2) is 2.87. The van der Waals surface area contributed by atoms with E-state index in [2.05, 4.69) is 19.2 Å². The van der Waals surface area contributed by atoms with Crippen LogP contribution in [-0.2, 0) is 0 Å². The standard InChI is InChI=1S/C8H16FN/c1-7(2)3-4-8(9)5-10-6-8/h7,10H,3-6H2,1-2H3. The van der Waals surface area contributed by atoms with Crippen LogP contribution in [0.3, 0.4) is 0 Å². The summed E-state index contributed by atoms with van der Waals surface area (Å²) < 4.78 is 13.2. The van der Waals surface area contributed by atoms with E-state index in [1.54, 1.807) is 0 Å². The van der Waals surface area contributed by atoms with Crippen molar-refractivity contribution in [2.45, 2.75) is 32.4 Å². The number of halogens is 1. The van der Waals surface area contributed by atoms with Gasteiger partial charge in [-0.2, -0.15) is 0 Å². The molecule has 0 bridgehead atoms. The molecule has 0 aromatic heterocycles. The predicted molar refractivity (Wildman–Crippen MR) is 40.8 cm³/mol. The molecule has 1 N–H and O–H groups in total. The molecule has 0 aliphatic carbocycles. The first-order valence-electron chi connectivity index (χ1n) is 4.02. The molecule has 0 saturated carbocycles. The maximum atomic E-state index is 13.2. The highest BCUT2D eigenvalue weighted by atomic mass is 19.1. The van der Waals surface area contributed by atoms with E-state index in [0.29, 0.717) is 19.0 Å². The molecule has 0 aromatic carbocycles. The normalized spacial score (nSPS) is 22.8. The Morgan fingerprint density at radius 3 is 2.40 bits per heavy atom. The van der Waals surface area contributed by atoms with Gasteiger partial charge in [0, 0.05) is 13.1 Å². The maximum Gasteiger partial charge on any atom is 0.135 e. The molecule has 1 fully saturated rings. The highest BCUT2D eigenvalue weighted by Crippen LogP contribution is 2.24. The molecule has 10 heavy (non-hydrogen) atoms. The van der Waals surface area contributed by atoms with E-state index in [4.69, 9.17) is 0 Å². The van der Waals surface area contributed by atoms with E-state index in [1.807, 2.05) is 0 Å². The molecular weight excluding hydrogens is 129 g/mol. The second-order valence-corrected chi connectivity index (χ2v) is 3.69. The number of hydrogen-bond acceptors (Lipinski definition) is 1. The van der Waals surface area contributed by atoms with Crippen molar-refractivity contribution in [3.63, 3.8) is 0 Å². The molecule has 0 amide bonds. The van der Waals surface area contributed by atoms with Gasteiger partial charge in [-0.25, -0.2) is 4.39 Å². The summed E-state index contributed by atoms with van der Waals surface area (Å²) in [5.74, 6) is 0.633. The fraction of sp³-hybridized carbons (Fsp3) is 1.00. The van der Waals surface area contributed by atoms with Gasteiger partial charge in [-0.05, 0) is 18.8 Å². The van der Waals surface area contributed by atoms with Gasteiger partial charge in [0.15, 0.2) is 0 Å². The third kappa shape index (κ3) is 1.94. The minimum Gasteiger partial charge on any atom is -0.310 e. The lowest BCUT2D eigenvalue weighted by molar-refractivity contribution is 0.0740. The van der Waals surface area contributed by atoms with Gasteiger partial charge in [-0.15, -0.1) is 0 Å². The van der Waals surface area contributed by atoms with Gasteiger partial charge in [0.25, 0.3) is 0 Å². The summed E-state index contributed by atoms with van der Waals surface area (Å²) >= 11 is 0. The SMILES string of the molecule is CC(C)CCC1(F)CNC1. The Hall–Kier alpha value is -0.110. The highest BCUT2D eigenvalue weighted by Gasteiger charge is 2.36. The summed E-state index contributed by atoms with van der Waals surface area (Å²) in [7, 11) is 0. The van der Waals surface area contributed by atoms with Crippen molar-refractivity contribution >= 4 is 0 Å². The van der Waals surface area contributed by atoms with Gasteiger partial charge in [-0.1, -0.05) is 13.8 Å². The van der Waals surface area contributed by atoms with Crippen LogP contribution in [-0.4, -0.2) is 18.8 Å². The molecule has 1 heterocycles. The molecular formula is C8H16FN. The molecule has 2 heteroatoms. The van der Waals surface area contributed by atoms with E-state index in [-0.39, 0.29) is 0 Å². The summed E-state index contributed by atoms with van der Waals surface area (Å²) in [6.45, 7) is 5.41. The van der Waals surface area contributed by atoms with Gasteiger partial charge >= 0.3 is 0 Å².